The molecule has 0 bridgehead atoms. The normalized spacial score (nSPS) is 10.7. The molecule has 0 amide bonds. The molecule has 0 radical (unpaired) electrons. The Morgan fingerprint density at radius 3 is 2.40 bits per heavy atom. The highest BCUT2D eigenvalue weighted by Crippen LogP contribution is 2.25. The van der Waals surface area contributed by atoms with E-state index in [1.165, 1.54) is 21.9 Å². The Morgan fingerprint density at radius 1 is 0.733 bits per heavy atom. The van der Waals surface area contributed by atoms with Gasteiger partial charge in [-0.3, -0.25) is 0 Å². The molecule has 0 spiro atoms. The van der Waals surface area contributed by atoms with Gasteiger partial charge in [0.15, 0.2) is 0 Å². The van der Waals surface area contributed by atoms with Gasteiger partial charge in [0.25, 0.3) is 0 Å². The highest BCUT2D eigenvalue weighted by Gasteiger charge is 1.98. The van der Waals surface area contributed by atoms with E-state index in [1.807, 2.05) is 0 Å². The van der Waals surface area contributed by atoms with E-state index in [-0.39, 0.29) is 0 Å². The van der Waals surface area contributed by atoms with Crippen molar-refractivity contribution in [2.45, 2.75) is 0 Å². The second-order valence-electron chi connectivity index (χ2n) is 3.57. The van der Waals surface area contributed by atoms with Crippen molar-refractivity contribution < 1.29 is 0 Å². The van der Waals surface area contributed by atoms with Crippen molar-refractivity contribution in [3.05, 3.63) is 59.3 Å². The smallest absolute Gasteiger partial charge is 0.00147 e. The quantitative estimate of drug-likeness (QED) is 0.552. The molecule has 0 fully saturated rings. The molecule has 1 heterocycles. The number of rotatable bonds is 1. The summed E-state index contributed by atoms with van der Waals surface area (Å²) in [7, 11) is 0. The van der Waals surface area contributed by atoms with Gasteiger partial charge in [0.2, 0.25) is 0 Å². The first-order valence-electron chi connectivity index (χ1n) is 4.95. The lowest BCUT2D eigenvalue weighted by molar-refractivity contribution is 1.71. The van der Waals surface area contributed by atoms with Gasteiger partial charge in [-0.2, -0.15) is 11.3 Å². The predicted molar refractivity (Wildman–Crippen MR) is 67.3 cm³/mol. The average molecular weight is 210 g/mol. The van der Waals surface area contributed by atoms with Crippen LogP contribution in [0.15, 0.2) is 59.3 Å². The van der Waals surface area contributed by atoms with E-state index in [9.17, 15) is 0 Å². The SMILES string of the molecule is c1ccc2cc(-c3ccsc3)ccc2c1. The summed E-state index contributed by atoms with van der Waals surface area (Å²) < 4.78 is 0. The highest BCUT2D eigenvalue weighted by molar-refractivity contribution is 7.08. The van der Waals surface area contributed by atoms with Crippen LogP contribution in [0.5, 0.6) is 0 Å². The van der Waals surface area contributed by atoms with E-state index in [0.717, 1.165) is 0 Å². The number of fused-ring (bicyclic) bond motifs is 1. The summed E-state index contributed by atoms with van der Waals surface area (Å²) in [5, 5.41) is 6.91. The summed E-state index contributed by atoms with van der Waals surface area (Å²) in [5.74, 6) is 0. The zero-order valence-electron chi connectivity index (χ0n) is 8.18. The van der Waals surface area contributed by atoms with Gasteiger partial charge in [0.1, 0.15) is 0 Å². The van der Waals surface area contributed by atoms with E-state index in [2.05, 4.69) is 59.3 Å². The monoisotopic (exact) mass is 210 g/mol. The van der Waals surface area contributed by atoms with Crippen LogP contribution in [0.2, 0.25) is 0 Å². The van der Waals surface area contributed by atoms with Crippen LogP contribution in [-0.2, 0) is 0 Å². The number of hydrogen-bond donors (Lipinski definition) is 0. The summed E-state index contributed by atoms with van der Waals surface area (Å²) in [5.41, 5.74) is 2.61. The maximum Gasteiger partial charge on any atom is -0.00147 e. The summed E-state index contributed by atoms with van der Waals surface area (Å²) in [4.78, 5) is 0. The Balaban J connectivity index is 2.22. The van der Waals surface area contributed by atoms with E-state index in [1.54, 1.807) is 11.3 Å². The van der Waals surface area contributed by atoms with E-state index in [4.69, 9.17) is 0 Å². The van der Waals surface area contributed by atoms with Gasteiger partial charge < -0.3 is 0 Å². The van der Waals surface area contributed by atoms with Crippen molar-refractivity contribution >= 4 is 22.1 Å². The standard InChI is InChI=1S/C14H10S/c1-2-4-12-9-13(6-5-11(12)3-1)14-7-8-15-10-14/h1-10H. The highest BCUT2D eigenvalue weighted by atomic mass is 32.1. The molecule has 0 N–H and O–H groups in total. The Bertz CT molecular complexity index is 579. The van der Waals surface area contributed by atoms with Crippen LogP contribution >= 0.6 is 11.3 Å². The van der Waals surface area contributed by atoms with Gasteiger partial charge in [0, 0.05) is 0 Å². The summed E-state index contributed by atoms with van der Waals surface area (Å²) >= 11 is 1.74. The van der Waals surface area contributed by atoms with E-state index >= 15 is 0 Å². The van der Waals surface area contributed by atoms with Crippen LogP contribution in [0.4, 0.5) is 0 Å². The third-order valence-corrected chi connectivity index (χ3v) is 3.29. The Morgan fingerprint density at radius 2 is 1.60 bits per heavy atom. The van der Waals surface area contributed by atoms with Crippen LogP contribution in [0, 0.1) is 0 Å². The number of hydrogen-bond acceptors (Lipinski definition) is 1. The van der Waals surface area contributed by atoms with Gasteiger partial charge >= 0.3 is 0 Å². The van der Waals surface area contributed by atoms with Crippen molar-refractivity contribution in [1.29, 1.82) is 0 Å². The molecular formula is C14H10S. The maximum atomic E-state index is 2.25. The van der Waals surface area contributed by atoms with Gasteiger partial charge in [-0.1, -0.05) is 36.4 Å². The van der Waals surface area contributed by atoms with Gasteiger partial charge in [-0.15, -0.1) is 0 Å². The molecule has 0 atom stereocenters. The summed E-state index contributed by atoms with van der Waals surface area (Å²) in [6.07, 6.45) is 0. The van der Waals surface area contributed by atoms with Gasteiger partial charge in [-0.25, -0.2) is 0 Å². The van der Waals surface area contributed by atoms with E-state index in [0.29, 0.717) is 0 Å². The Labute approximate surface area is 92.8 Å². The molecule has 1 heteroatoms. The van der Waals surface area contributed by atoms with Crippen LogP contribution in [0.1, 0.15) is 0 Å². The molecule has 0 aliphatic rings. The largest absolute Gasteiger partial charge is 0.152 e. The lowest BCUT2D eigenvalue weighted by Crippen LogP contribution is -1.75. The second-order valence-corrected chi connectivity index (χ2v) is 4.35. The van der Waals surface area contributed by atoms with Crippen LogP contribution < -0.4 is 0 Å². The molecule has 0 nitrogen and oxygen atoms in total. The fourth-order valence-electron chi connectivity index (χ4n) is 1.80. The van der Waals surface area contributed by atoms with Crippen molar-refractivity contribution in [3.8, 4) is 11.1 Å². The molecule has 3 aromatic rings. The minimum Gasteiger partial charge on any atom is -0.152 e. The first-order valence-corrected chi connectivity index (χ1v) is 5.89. The summed E-state index contributed by atoms with van der Waals surface area (Å²) in [6.45, 7) is 0. The zero-order chi connectivity index (χ0) is 10.1. The van der Waals surface area contributed by atoms with Crippen molar-refractivity contribution in [1.82, 2.24) is 0 Å². The molecule has 0 aliphatic heterocycles. The molecule has 0 saturated heterocycles. The van der Waals surface area contributed by atoms with Gasteiger partial charge in [-0.05, 0) is 44.8 Å². The van der Waals surface area contributed by atoms with Crippen molar-refractivity contribution in [2.24, 2.45) is 0 Å². The minimum atomic E-state index is 1.30. The first-order chi connectivity index (χ1) is 7.43. The molecule has 0 saturated carbocycles. The molecule has 2 aromatic carbocycles. The Hall–Kier alpha value is -1.60. The Kier molecular flexibility index (Phi) is 2.04. The molecule has 0 unspecified atom stereocenters. The fourth-order valence-corrected chi connectivity index (χ4v) is 2.46. The van der Waals surface area contributed by atoms with Crippen LogP contribution in [-0.4, -0.2) is 0 Å². The predicted octanol–water partition coefficient (Wildman–Crippen LogP) is 4.57. The zero-order valence-corrected chi connectivity index (χ0v) is 9.00. The molecule has 0 aliphatic carbocycles. The van der Waals surface area contributed by atoms with E-state index < -0.39 is 0 Å². The second kappa shape index (κ2) is 3.52. The third-order valence-electron chi connectivity index (χ3n) is 2.60. The third kappa shape index (κ3) is 1.55. The van der Waals surface area contributed by atoms with Gasteiger partial charge in [0.05, 0.1) is 0 Å². The average Bonchev–Trinajstić information content (AvgIpc) is 2.82. The molecule has 3 rings (SSSR count). The topological polar surface area (TPSA) is 0 Å². The summed E-state index contributed by atoms with van der Waals surface area (Å²) in [6, 6.07) is 17.2. The fraction of sp³-hybridized carbons (Fsp3) is 0. The molecule has 1 aromatic heterocycles. The molecule has 72 valence electrons. The minimum absolute atomic E-state index is 1.30. The number of benzene rings is 2. The van der Waals surface area contributed by atoms with Crippen LogP contribution in [0.3, 0.4) is 0 Å². The van der Waals surface area contributed by atoms with Crippen LogP contribution in [0.25, 0.3) is 21.9 Å². The van der Waals surface area contributed by atoms with Crippen molar-refractivity contribution in [3.63, 3.8) is 0 Å². The first kappa shape index (κ1) is 8.69. The molecule has 15 heavy (non-hydrogen) atoms. The molecular weight excluding hydrogens is 200 g/mol. The number of thiophene rings is 1. The lowest BCUT2D eigenvalue weighted by atomic mass is 10.0. The lowest BCUT2D eigenvalue weighted by Gasteiger charge is -2.01. The van der Waals surface area contributed by atoms with Crippen molar-refractivity contribution in [2.75, 3.05) is 0 Å². The maximum absolute atomic E-state index is 2.25.